The zero-order valence-corrected chi connectivity index (χ0v) is 25.5. The number of nitrogens with one attached hydrogen (secondary N) is 4. The number of nitrogens with zero attached hydrogens (tertiary/aromatic N) is 3. The molecule has 0 aliphatic rings. The van der Waals surface area contributed by atoms with E-state index in [1.807, 2.05) is 54.8 Å². The normalized spacial score (nSPS) is 9.54. The minimum atomic E-state index is -0.0522. The van der Waals surface area contributed by atoms with Crippen LogP contribution in [0, 0.1) is 17.8 Å². The van der Waals surface area contributed by atoms with E-state index in [1.54, 1.807) is 39.2 Å². The van der Waals surface area contributed by atoms with Gasteiger partial charge in [-0.3, -0.25) is 9.79 Å². The van der Waals surface area contributed by atoms with Gasteiger partial charge < -0.3 is 26.1 Å². The van der Waals surface area contributed by atoms with Gasteiger partial charge in [0.1, 0.15) is 11.7 Å². The van der Waals surface area contributed by atoms with Crippen molar-refractivity contribution in [2.75, 3.05) is 38.9 Å². The van der Waals surface area contributed by atoms with E-state index in [2.05, 4.69) is 36.8 Å². The van der Waals surface area contributed by atoms with E-state index in [9.17, 15) is 4.79 Å². The summed E-state index contributed by atoms with van der Waals surface area (Å²) in [5.74, 6) is 4.41. The van der Waals surface area contributed by atoms with Gasteiger partial charge in [-0.15, -0.1) is 12.3 Å². The van der Waals surface area contributed by atoms with Crippen LogP contribution >= 0.6 is 0 Å². The average Bonchev–Trinajstić information content (AvgIpc) is 2.93. The van der Waals surface area contributed by atoms with E-state index in [4.69, 9.17) is 16.6 Å². The second-order valence-electron chi connectivity index (χ2n) is 7.90. The number of ketones is 1. The first-order valence-electron chi connectivity index (χ1n) is 12.9. The van der Waals surface area contributed by atoms with E-state index in [-0.39, 0.29) is 5.78 Å². The topological polar surface area (TPSA) is 124 Å². The zero-order valence-electron chi connectivity index (χ0n) is 25.5. The van der Waals surface area contributed by atoms with Gasteiger partial charge in [0.15, 0.2) is 17.4 Å². The molecular weight excluding hydrogens is 490 g/mol. The van der Waals surface area contributed by atoms with Crippen LogP contribution in [0.5, 0.6) is 5.75 Å². The van der Waals surface area contributed by atoms with Crippen LogP contribution in [0.25, 0.3) is 0 Å². The van der Waals surface area contributed by atoms with Crippen molar-refractivity contribution in [3.8, 4) is 18.1 Å². The molecule has 0 unspecified atom stereocenters. The summed E-state index contributed by atoms with van der Waals surface area (Å²) in [6, 6.07) is 3.45. The van der Waals surface area contributed by atoms with Gasteiger partial charge in [0.25, 0.3) is 0 Å². The monoisotopic (exact) mass is 537 g/mol. The van der Waals surface area contributed by atoms with Crippen molar-refractivity contribution in [1.29, 1.82) is 5.41 Å². The van der Waals surface area contributed by atoms with Crippen LogP contribution in [0.1, 0.15) is 77.2 Å². The van der Waals surface area contributed by atoms with Gasteiger partial charge in [0.05, 0.1) is 18.4 Å². The fourth-order valence-corrected chi connectivity index (χ4v) is 2.77. The molecular formula is C30H47N7O2. The van der Waals surface area contributed by atoms with Crippen molar-refractivity contribution >= 4 is 34.7 Å². The summed E-state index contributed by atoms with van der Waals surface area (Å²) in [6.07, 6.45) is 11.0. The number of carbonyl (C=O) groups excluding carboxylic acids is 1. The molecule has 0 aromatic carbocycles. The number of rotatable bonds is 8. The highest BCUT2D eigenvalue weighted by Crippen LogP contribution is 2.31. The Bertz CT molecular complexity index is 1130. The highest BCUT2D eigenvalue weighted by molar-refractivity contribution is 6.06. The number of carbonyl (C=O) groups is 1. The summed E-state index contributed by atoms with van der Waals surface area (Å²) < 4.78 is 5.48. The van der Waals surface area contributed by atoms with Crippen LogP contribution in [0.2, 0.25) is 0 Å². The average molecular weight is 538 g/mol. The number of anilines is 3. The highest BCUT2D eigenvalue weighted by Gasteiger charge is 2.17. The molecule has 0 fully saturated rings. The summed E-state index contributed by atoms with van der Waals surface area (Å²) in [4.78, 5) is 25.4. The predicted molar refractivity (Wildman–Crippen MR) is 167 cm³/mol. The number of Topliss-reactive ketones (excluding diaryl/α,β-unsaturated/α-hetero) is 1. The van der Waals surface area contributed by atoms with Crippen molar-refractivity contribution in [3.63, 3.8) is 0 Å². The molecule has 0 aliphatic carbocycles. The van der Waals surface area contributed by atoms with Crippen LogP contribution in [0.3, 0.4) is 0 Å². The van der Waals surface area contributed by atoms with E-state index in [0.717, 1.165) is 12.0 Å². The molecule has 0 amide bonds. The molecule has 2 aromatic rings. The molecule has 9 heteroatoms. The Kier molecular flexibility index (Phi) is 20.9. The molecule has 2 heterocycles. The molecule has 9 nitrogen and oxygen atoms in total. The number of amidine groups is 1. The second kappa shape index (κ2) is 22.0. The lowest BCUT2D eigenvalue weighted by Gasteiger charge is -2.16. The van der Waals surface area contributed by atoms with Crippen LogP contribution in [0.4, 0.5) is 17.3 Å². The lowest BCUT2D eigenvalue weighted by molar-refractivity contribution is 0.0988. The minimum Gasteiger partial charge on any atom is -0.492 e. The molecule has 0 saturated carbocycles. The molecule has 0 radical (unpaired) electrons. The van der Waals surface area contributed by atoms with E-state index >= 15 is 0 Å². The van der Waals surface area contributed by atoms with E-state index in [0.29, 0.717) is 52.2 Å². The number of pyridine rings is 2. The Balaban J connectivity index is 0. The van der Waals surface area contributed by atoms with Gasteiger partial charge in [0.2, 0.25) is 0 Å². The lowest BCUT2D eigenvalue weighted by atomic mass is 10.1. The number of terminal acetylenes is 1. The zero-order chi connectivity index (χ0) is 30.4. The first-order valence-corrected chi connectivity index (χ1v) is 12.9. The number of hydrogen-bond donors (Lipinski definition) is 4. The second-order valence-corrected chi connectivity index (χ2v) is 7.90. The van der Waals surface area contributed by atoms with Crippen molar-refractivity contribution in [3.05, 3.63) is 47.3 Å². The number of methoxy groups -OCH3 is 1. The van der Waals surface area contributed by atoms with Gasteiger partial charge in [0, 0.05) is 49.6 Å². The summed E-state index contributed by atoms with van der Waals surface area (Å²) in [7, 11) is 6.96. The third-order valence-electron chi connectivity index (χ3n) is 4.42. The summed E-state index contributed by atoms with van der Waals surface area (Å²) in [6.45, 7) is 13.4. The molecule has 4 N–H and O–H groups in total. The maximum absolute atomic E-state index is 12.5. The third-order valence-corrected chi connectivity index (χ3v) is 4.42. The van der Waals surface area contributed by atoms with Crippen LogP contribution in [-0.2, 0) is 0 Å². The highest BCUT2D eigenvalue weighted by atomic mass is 16.5. The maximum Gasteiger partial charge on any atom is 0.173 e. The standard InChI is InChI=1S/C22H28N6O2.C4H6.C2H7N.C2H6/c1-7-18(29)16-12-26-20(28-19(24-5)10-13(2)3)11-17(16)27-22-21(30-6)15(14(4)23)8-9-25-22;1-3-4-2;1-3-2;1-2/h8-12,23H,7H2,1-6H3,(H2,24,25,26,27,28);1H,4H2,2H3;3H,1-2H3;1-2H3. The van der Waals surface area contributed by atoms with Crippen molar-refractivity contribution in [1.82, 2.24) is 15.3 Å². The Morgan fingerprint density at radius 1 is 1.18 bits per heavy atom. The van der Waals surface area contributed by atoms with E-state index in [1.165, 1.54) is 13.3 Å². The molecule has 2 aromatic heterocycles. The molecule has 0 spiro atoms. The maximum atomic E-state index is 12.5. The molecule has 39 heavy (non-hydrogen) atoms. The SMILES string of the molecule is C#CCC.CC.CCC(=O)c1cnc(NC(C=C(C)C)=NC)cc1Nc1nccc(C(C)=N)c1OC.CNC. The van der Waals surface area contributed by atoms with Gasteiger partial charge >= 0.3 is 0 Å². The number of ether oxygens (including phenoxy) is 1. The Morgan fingerprint density at radius 3 is 2.21 bits per heavy atom. The summed E-state index contributed by atoms with van der Waals surface area (Å²) in [5.41, 5.74) is 3.05. The van der Waals surface area contributed by atoms with Gasteiger partial charge in [-0.1, -0.05) is 33.3 Å². The van der Waals surface area contributed by atoms with Crippen molar-refractivity contribution < 1.29 is 9.53 Å². The quantitative estimate of drug-likeness (QED) is 0.131. The predicted octanol–water partition coefficient (Wildman–Crippen LogP) is 6.51. The number of aromatic nitrogens is 2. The number of hydrogen-bond acceptors (Lipinski definition) is 8. The summed E-state index contributed by atoms with van der Waals surface area (Å²) in [5, 5.41) is 17.0. The third kappa shape index (κ3) is 13.9. The molecule has 0 atom stereocenters. The molecule has 0 bridgehead atoms. The lowest BCUT2D eigenvalue weighted by Crippen LogP contribution is -2.13. The van der Waals surface area contributed by atoms with Crippen LogP contribution in [-0.4, -0.2) is 55.6 Å². The first kappa shape index (κ1) is 37.1. The molecule has 0 aliphatic heterocycles. The smallest absolute Gasteiger partial charge is 0.173 e. The van der Waals surface area contributed by atoms with Crippen molar-refractivity contribution in [2.45, 2.75) is 61.3 Å². The van der Waals surface area contributed by atoms with Crippen LogP contribution in [0.15, 0.2) is 41.2 Å². The van der Waals surface area contributed by atoms with Gasteiger partial charge in [-0.2, -0.15) is 0 Å². The Hall–Kier alpha value is -4.03. The Morgan fingerprint density at radius 2 is 1.77 bits per heavy atom. The number of allylic oxidation sites excluding steroid dienone is 1. The first-order chi connectivity index (χ1) is 18.6. The van der Waals surface area contributed by atoms with Crippen LogP contribution < -0.4 is 20.7 Å². The van der Waals surface area contributed by atoms with Crippen molar-refractivity contribution in [2.24, 2.45) is 4.99 Å². The van der Waals surface area contributed by atoms with E-state index < -0.39 is 0 Å². The molecule has 0 saturated heterocycles. The largest absolute Gasteiger partial charge is 0.492 e. The fraction of sp³-hybridized carbons (Fsp3) is 0.433. The summed E-state index contributed by atoms with van der Waals surface area (Å²) >= 11 is 0. The molecule has 2 rings (SSSR count). The number of aliphatic imine (C=N–C) groups is 1. The molecule has 214 valence electrons. The minimum absolute atomic E-state index is 0.0522. The fourth-order valence-electron chi connectivity index (χ4n) is 2.77. The van der Waals surface area contributed by atoms with Gasteiger partial charge in [-0.25, -0.2) is 9.97 Å². The Labute approximate surface area is 235 Å². The van der Waals surface area contributed by atoms with Gasteiger partial charge in [-0.05, 0) is 47.0 Å².